The number of nitrogens with zero attached hydrogens (tertiary/aromatic N) is 2. The molecule has 23 heavy (non-hydrogen) atoms. The minimum atomic E-state index is 0.0240. The van der Waals surface area contributed by atoms with Crippen LogP contribution in [0.25, 0.3) is 0 Å². The number of ether oxygens (including phenoxy) is 1. The highest BCUT2D eigenvalue weighted by Gasteiger charge is 2.39. The Balaban J connectivity index is 1.69. The maximum Gasteiger partial charge on any atom is 0.309 e. The average Bonchev–Trinajstić information content (AvgIpc) is 2.63. The summed E-state index contributed by atoms with van der Waals surface area (Å²) in [7, 11) is 0. The van der Waals surface area contributed by atoms with Crippen molar-refractivity contribution in [3.8, 4) is 0 Å². The minimum Gasteiger partial charge on any atom is -0.466 e. The van der Waals surface area contributed by atoms with E-state index in [9.17, 15) is 4.79 Å². The quantitative estimate of drug-likeness (QED) is 0.800. The summed E-state index contributed by atoms with van der Waals surface area (Å²) >= 11 is 0. The Kier molecular flexibility index (Phi) is 6.31. The number of hydrogen-bond acceptors (Lipinski definition) is 5. The SMILES string of the molecule is CCOC(=O)C1CCN(C2CCCCC2)C(N2CCNCC2)C1. The molecule has 0 spiro atoms. The highest BCUT2D eigenvalue weighted by Crippen LogP contribution is 2.33. The van der Waals surface area contributed by atoms with E-state index in [0.29, 0.717) is 12.8 Å². The predicted molar refractivity (Wildman–Crippen MR) is 91.2 cm³/mol. The van der Waals surface area contributed by atoms with Crippen LogP contribution in [-0.2, 0) is 9.53 Å². The van der Waals surface area contributed by atoms with Crippen LogP contribution in [0.3, 0.4) is 0 Å². The van der Waals surface area contributed by atoms with E-state index in [2.05, 4.69) is 15.1 Å². The van der Waals surface area contributed by atoms with Crippen molar-refractivity contribution in [3.63, 3.8) is 0 Å². The molecule has 0 aromatic carbocycles. The number of nitrogens with one attached hydrogen (secondary N) is 1. The number of likely N-dealkylation sites (tertiary alicyclic amines) is 1. The number of esters is 1. The number of carbonyl (C=O) groups excluding carboxylic acids is 1. The lowest BCUT2D eigenvalue weighted by Crippen LogP contribution is -2.60. The summed E-state index contributed by atoms with van der Waals surface area (Å²) < 4.78 is 5.31. The van der Waals surface area contributed by atoms with Gasteiger partial charge in [0.1, 0.15) is 0 Å². The first-order valence-corrected chi connectivity index (χ1v) is 9.66. The van der Waals surface area contributed by atoms with Gasteiger partial charge in [0.05, 0.1) is 18.7 Å². The Morgan fingerprint density at radius 2 is 1.83 bits per heavy atom. The van der Waals surface area contributed by atoms with Crippen molar-refractivity contribution in [2.75, 3.05) is 39.3 Å². The average molecular weight is 323 g/mol. The van der Waals surface area contributed by atoms with Gasteiger partial charge in [0, 0.05) is 38.8 Å². The number of carbonyl (C=O) groups is 1. The van der Waals surface area contributed by atoms with Crippen LogP contribution in [-0.4, -0.2) is 67.3 Å². The Morgan fingerprint density at radius 1 is 1.09 bits per heavy atom. The Labute approximate surface area is 140 Å². The molecule has 1 saturated carbocycles. The molecule has 2 saturated heterocycles. The second-order valence-electron chi connectivity index (χ2n) is 7.27. The third-order valence-corrected chi connectivity index (χ3v) is 5.85. The number of rotatable bonds is 4. The molecule has 1 aliphatic carbocycles. The largest absolute Gasteiger partial charge is 0.466 e. The van der Waals surface area contributed by atoms with Gasteiger partial charge in [0.15, 0.2) is 0 Å². The molecule has 5 heteroatoms. The molecule has 2 atom stereocenters. The summed E-state index contributed by atoms with van der Waals surface area (Å²) in [6, 6.07) is 0.729. The molecule has 2 heterocycles. The highest BCUT2D eigenvalue weighted by molar-refractivity contribution is 5.72. The molecular formula is C18H33N3O2. The third kappa shape index (κ3) is 4.25. The van der Waals surface area contributed by atoms with E-state index in [1.807, 2.05) is 6.92 Å². The second-order valence-corrected chi connectivity index (χ2v) is 7.27. The lowest BCUT2D eigenvalue weighted by atomic mass is 9.88. The number of piperazine rings is 1. The molecule has 2 unspecified atom stereocenters. The summed E-state index contributed by atoms with van der Waals surface area (Å²) in [5, 5.41) is 3.45. The zero-order valence-electron chi connectivity index (χ0n) is 14.6. The van der Waals surface area contributed by atoms with E-state index >= 15 is 0 Å². The van der Waals surface area contributed by atoms with Crippen LogP contribution < -0.4 is 5.32 Å². The van der Waals surface area contributed by atoms with E-state index in [1.165, 1.54) is 32.1 Å². The van der Waals surface area contributed by atoms with Gasteiger partial charge < -0.3 is 10.1 Å². The zero-order valence-corrected chi connectivity index (χ0v) is 14.6. The maximum absolute atomic E-state index is 12.2. The van der Waals surface area contributed by atoms with E-state index < -0.39 is 0 Å². The summed E-state index contributed by atoms with van der Waals surface area (Å²) in [6.07, 6.45) is 9.18. The van der Waals surface area contributed by atoms with Gasteiger partial charge in [-0.1, -0.05) is 19.3 Å². The van der Waals surface area contributed by atoms with Crippen LogP contribution in [0.4, 0.5) is 0 Å². The first-order chi connectivity index (χ1) is 11.3. The summed E-state index contributed by atoms with van der Waals surface area (Å²) in [4.78, 5) is 17.6. The zero-order chi connectivity index (χ0) is 16.1. The van der Waals surface area contributed by atoms with Gasteiger partial charge in [0.25, 0.3) is 0 Å². The predicted octanol–water partition coefficient (Wildman–Crippen LogP) is 1.83. The van der Waals surface area contributed by atoms with Gasteiger partial charge in [-0.25, -0.2) is 0 Å². The van der Waals surface area contributed by atoms with Crippen LogP contribution in [0.2, 0.25) is 0 Å². The summed E-state index contributed by atoms with van der Waals surface area (Å²) in [6.45, 7) is 7.80. The van der Waals surface area contributed by atoms with E-state index in [4.69, 9.17) is 4.74 Å². The van der Waals surface area contributed by atoms with Crippen LogP contribution in [0.1, 0.15) is 51.9 Å². The van der Waals surface area contributed by atoms with Crippen molar-refractivity contribution in [1.29, 1.82) is 0 Å². The molecule has 0 amide bonds. The van der Waals surface area contributed by atoms with Gasteiger partial charge in [-0.05, 0) is 32.6 Å². The van der Waals surface area contributed by atoms with Crippen molar-refractivity contribution < 1.29 is 9.53 Å². The topological polar surface area (TPSA) is 44.8 Å². The lowest BCUT2D eigenvalue weighted by molar-refractivity contribution is -0.153. The van der Waals surface area contributed by atoms with Crippen molar-refractivity contribution in [2.45, 2.75) is 64.1 Å². The molecule has 132 valence electrons. The molecule has 5 nitrogen and oxygen atoms in total. The van der Waals surface area contributed by atoms with Gasteiger partial charge in [-0.2, -0.15) is 0 Å². The van der Waals surface area contributed by atoms with Crippen LogP contribution in [0.5, 0.6) is 0 Å². The third-order valence-electron chi connectivity index (χ3n) is 5.85. The monoisotopic (exact) mass is 323 g/mol. The standard InChI is InChI=1S/C18H33N3O2/c1-2-23-18(22)15-8-11-21(16-6-4-3-5-7-16)17(14-15)20-12-9-19-10-13-20/h15-17,19H,2-14H2,1H3. The van der Waals surface area contributed by atoms with E-state index in [0.717, 1.165) is 51.6 Å². The molecule has 1 N–H and O–H groups in total. The van der Waals surface area contributed by atoms with Crippen molar-refractivity contribution >= 4 is 5.97 Å². The fraction of sp³-hybridized carbons (Fsp3) is 0.944. The smallest absolute Gasteiger partial charge is 0.309 e. The number of hydrogen-bond donors (Lipinski definition) is 1. The van der Waals surface area contributed by atoms with E-state index in [1.54, 1.807) is 0 Å². The second kappa shape index (κ2) is 8.45. The molecular weight excluding hydrogens is 290 g/mol. The number of piperidine rings is 1. The van der Waals surface area contributed by atoms with Gasteiger partial charge >= 0.3 is 5.97 Å². The molecule has 3 rings (SSSR count). The maximum atomic E-state index is 12.2. The fourth-order valence-corrected chi connectivity index (χ4v) is 4.61. The fourth-order valence-electron chi connectivity index (χ4n) is 4.61. The van der Waals surface area contributed by atoms with Crippen LogP contribution in [0, 0.1) is 5.92 Å². The van der Waals surface area contributed by atoms with Gasteiger partial charge in [-0.15, -0.1) is 0 Å². The lowest BCUT2D eigenvalue weighted by Gasteiger charge is -2.49. The van der Waals surface area contributed by atoms with E-state index in [-0.39, 0.29) is 11.9 Å². The van der Waals surface area contributed by atoms with Crippen molar-refractivity contribution in [1.82, 2.24) is 15.1 Å². The van der Waals surface area contributed by atoms with Gasteiger partial charge in [-0.3, -0.25) is 14.6 Å². The van der Waals surface area contributed by atoms with Crippen LogP contribution >= 0.6 is 0 Å². The van der Waals surface area contributed by atoms with Gasteiger partial charge in [0.2, 0.25) is 0 Å². The molecule has 3 fully saturated rings. The Bertz CT molecular complexity index is 378. The molecule has 3 aliphatic rings. The molecule has 0 bridgehead atoms. The van der Waals surface area contributed by atoms with Crippen molar-refractivity contribution in [2.24, 2.45) is 5.92 Å². The first kappa shape index (κ1) is 17.2. The molecule has 0 radical (unpaired) electrons. The normalized spacial score (nSPS) is 31.9. The summed E-state index contributed by atoms with van der Waals surface area (Å²) in [5.41, 5.74) is 0. The molecule has 0 aromatic heterocycles. The molecule has 0 aromatic rings. The van der Waals surface area contributed by atoms with Crippen LogP contribution in [0.15, 0.2) is 0 Å². The first-order valence-electron chi connectivity index (χ1n) is 9.66. The molecule has 2 aliphatic heterocycles. The summed E-state index contributed by atoms with van der Waals surface area (Å²) in [5.74, 6) is 0.116. The highest BCUT2D eigenvalue weighted by atomic mass is 16.5. The Morgan fingerprint density at radius 3 is 2.52 bits per heavy atom. The van der Waals surface area contributed by atoms with Crippen molar-refractivity contribution in [3.05, 3.63) is 0 Å². The Hall–Kier alpha value is -0.650. The minimum absolute atomic E-state index is 0.0240.